The van der Waals surface area contributed by atoms with E-state index in [4.69, 9.17) is 14.7 Å². The summed E-state index contributed by atoms with van der Waals surface area (Å²) in [7, 11) is 0. The topological polar surface area (TPSA) is 45.5 Å². The van der Waals surface area contributed by atoms with Crippen LogP contribution in [0.25, 0.3) is 0 Å². The van der Waals surface area contributed by atoms with E-state index >= 15 is 0 Å². The molecule has 0 saturated heterocycles. The summed E-state index contributed by atoms with van der Waals surface area (Å²) >= 11 is 0. The highest BCUT2D eigenvalue weighted by molar-refractivity contribution is 5.53. The standard InChI is InChI=1S/C20H28N2O2/c1-7-20(5,6)22(18-19(3,4)11-12-23-18)17-10-8-9-16(13-17)15(2)24-14-21/h8-13,15,18H,7H2,1-6H3. The monoisotopic (exact) mass is 328 g/mol. The van der Waals surface area contributed by atoms with Crippen LogP contribution in [0.1, 0.15) is 59.6 Å². The van der Waals surface area contributed by atoms with Gasteiger partial charge in [0.05, 0.1) is 6.26 Å². The Morgan fingerprint density at radius 1 is 1.42 bits per heavy atom. The molecule has 0 radical (unpaired) electrons. The molecule has 2 rings (SSSR count). The van der Waals surface area contributed by atoms with Gasteiger partial charge in [-0.25, -0.2) is 0 Å². The first-order valence-corrected chi connectivity index (χ1v) is 8.50. The van der Waals surface area contributed by atoms with Crippen LogP contribution in [0.4, 0.5) is 5.69 Å². The maximum absolute atomic E-state index is 8.77. The van der Waals surface area contributed by atoms with Crippen molar-refractivity contribution >= 4 is 5.69 Å². The molecule has 0 amide bonds. The molecule has 0 saturated carbocycles. The predicted octanol–water partition coefficient (Wildman–Crippen LogP) is 5.14. The molecule has 0 aromatic heterocycles. The highest BCUT2D eigenvalue weighted by Gasteiger charge is 2.43. The molecule has 24 heavy (non-hydrogen) atoms. The molecule has 1 aromatic carbocycles. The van der Waals surface area contributed by atoms with E-state index in [1.165, 1.54) is 0 Å². The summed E-state index contributed by atoms with van der Waals surface area (Å²) in [4.78, 5) is 2.34. The smallest absolute Gasteiger partial charge is 0.286 e. The number of hydrogen-bond donors (Lipinski definition) is 0. The average molecular weight is 328 g/mol. The Hall–Kier alpha value is -2.15. The fourth-order valence-electron chi connectivity index (χ4n) is 2.99. The Bertz CT molecular complexity index is 643. The van der Waals surface area contributed by atoms with Gasteiger partial charge in [-0.3, -0.25) is 0 Å². The minimum Gasteiger partial charge on any atom is -0.478 e. The molecule has 4 heteroatoms. The lowest BCUT2D eigenvalue weighted by Gasteiger charge is -2.47. The fourth-order valence-corrected chi connectivity index (χ4v) is 2.99. The Labute approximate surface area is 145 Å². The SMILES string of the molecule is CCC(C)(C)N(c1cccc(C(C)OC#N)c1)C1OC=CC1(C)C. The van der Waals surface area contributed by atoms with Crippen molar-refractivity contribution in [3.05, 3.63) is 42.2 Å². The molecule has 0 bridgehead atoms. The van der Waals surface area contributed by atoms with Gasteiger partial charge in [0.1, 0.15) is 6.10 Å². The summed E-state index contributed by atoms with van der Waals surface area (Å²) < 4.78 is 11.1. The van der Waals surface area contributed by atoms with Gasteiger partial charge in [-0.2, -0.15) is 5.26 Å². The number of ether oxygens (including phenoxy) is 2. The number of anilines is 1. The summed E-state index contributed by atoms with van der Waals surface area (Å²) in [6, 6.07) is 8.19. The molecule has 1 aliphatic rings. The van der Waals surface area contributed by atoms with Crippen LogP contribution in [-0.4, -0.2) is 11.8 Å². The first-order chi connectivity index (χ1) is 11.2. The first-order valence-electron chi connectivity index (χ1n) is 8.50. The summed E-state index contributed by atoms with van der Waals surface area (Å²) in [5.41, 5.74) is 1.90. The summed E-state index contributed by atoms with van der Waals surface area (Å²) in [6.07, 6.45) is 6.33. The van der Waals surface area contributed by atoms with Crippen LogP contribution in [0.2, 0.25) is 0 Å². The van der Waals surface area contributed by atoms with Crippen molar-refractivity contribution in [2.75, 3.05) is 4.90 Å². The van der Waals surface area contributed by atoms with E-state index in [2.05, 4.69) is 57.7 Å². The van der Waals surface area contributed by atoms with E-state index in [0.717, 1.165) is 17.7 Å². The Kier molecular flexibility index (Phi) is 5.13. The number of nitrogens with zero attached hydrogens (tertiary/aromatic N) is 2. The second-order valence-electron chi connectivity index (χ2n) is 7.59. The average Bonchev–Trinajstić information content (AvgIpc) is 2.87. The number of benzene rings is 1. The van der Waals surface area contributed by atoms with Gasteiger partial charge in [0.2, 0.25) is 0 Å². The van der Waals surface area contributed by atoms with Crippen molar-refractivity contribution in [2.24, 2.45) is 5.41 Å². The van der Waals surface area contributed by atoms with Crippen LogP contribution in [0.15, 0.2) is 36.6 Å². The number of hydrogen-bond acceptors (Lipinski definition) is 4. The molecule has 2 unspecified atom stereocenters. The molecule has 0 N–H and O–H groups in total. The van der Waals surface area contributed by atoms with Gasteiger partial charge in [-0.1, -0.05) is 32.9 Å². The van der Waals surface area contributed by atoms with Crippen molar-refractivity contribution in [3.8, 4) is 6.26 Å². The molecule has 4 nitrogen and oxygen atoms in total. The maximum atomic E-state index is 8.77. The number of nitriles is 1. The van der Waals surface area contributed by atoms with Gasteiger partial charge in [0.15, 0.2) is 6.23 Å². The summed E-state index contributed by atoms with van der Waals surface area (Å²) in [6.45, 7) is 12.9. The van der Waals surface area contributed by atoms with E-state index in [-0.39, 0.29) is 23.3 Å². The van der Waals surface area contributed by atoms with Gasteiger partial charge in [0, 0.05) is 16.6 Å². The lowest BCUT2D eigenvalue weighted by Crippen LogP contribution is -2.54. The minimum atomic E-state index is -0.267. The first kappa shape index (κ1) is 18.2. The van der Waals surface area contributed by atoms with E-state index in [0.29, 0.717) is 0 Å². The van der Waals surface area contributed by atoms with Crippen LogP contribution < -0.4 is 4.90 Å². The molecule has 1 heterocycles. The largest absolute Gasteiger partial charge is 0.478 e. The third-order valence-corrected chi connectivity index (χ3v) is 4.94. The van der Waals surface area contributed by atoms with Crippen molar-refractivity contribution in [2.45, 2.75) is 65.8 Å². The predicted molar refractivity (Wildman–Crippen MR) is 96.2 cm³/mol. The Balaban J connectivity index is 2.46. The van der Waals surface area contributed by atoms with E-state index in [1.54, 1.807) is 12.5 Å². The molecule has 1 aliphatic heterocycles. The minimum absolute atomic E-state index is 0.0742. The molecule has 0 fully saturated rings. The van der Waals surface area contributed by atoms with Gasteiger partial charge in [-0.05, 0) is 51.0 Å². The zero-order valence-corrected chi connectivity index (χ0v) is 15.5. The van der Waals surface area contributed by atoms with Gasteiger partial charge >= 0.3 is 0 Å². The molecule has 1 aromatic rings. The highest BCUT2D eigenvalue weighted by atomic mass is 16.5. The van der Waals surface area contributed by atoms with Crippen molar-refractivity contribution in [3.63, 3.8) is 0 Å². The van der Waals surface area contributed by atoms with Crippen LogP contribution in [0.5, 0.6) is 0 Å². The second kappa shape index (κ2) is 6.76. The number of rotatable bonds is 6. The van der Waals surface area contributed by atoms with E-state index in [9.17, 15) is 0 Å². The Morgan fingerprint density at radius 3 is 2.67 bits per heavy atom. The van der Waals surface area contributed by atoms with Crippen LogP contribution in [-0.2, 0) is 9.47 Å². The normalized spacial score (nSPS) is 20.1. The fraction of sp³-hybridized carbons (Fsp3) is 0.550. The lowest BCUT2D eigenvalue weighted by atomic mass is 9.87. The lowest BCUT2D eigenvalue weighted by molar-refractivity contribution is 0.0710. The molecular formula is C20H28N2O2. The van der Waals surface area contributed by atoms with Crippen LogP contribution in [0, 0.1) is 16.9 Å². The molecule has 2 atom stereocenters. The van der Waals surface area contributed by atoms with Crippen LogP contribution >= 0.6 is 0 Å². The summed E-state index contributed by atoms with van der Waals surface area (Å²) in [5.74, 6) is 0. The quantitative estimate of drug-likeness (QED) is 0.679. The van der Waals surface area contributed by atoms with Crippen molar-refractivity contribution in [1.29, 1.82) is 5.26 Å². The highest BCUT2D eigenvalue weighted by Crippen LogP contribution is 2.41. The van der Waals surface area contributed by atoms with Crippen molar-refractivity contribution < 1.29 is 9.47 Å². The molecule has 0 spiro atoms. The molecular weight excluding hydrogens is 300 g/mol. The van der Waals surface area contributed by atoms with Gasteiger partial charge < -0.3 is 14.4 Å². The van der Waals surface area contributed by atoms with E-state index < -0.39 is 0 Å². The third-order valence-electron chi connectivity index (χ3n) is 4.94. The van der Waals surface area contributed by atoms with E-state index in [1.807, 2.05) is 19.1 Å². The van der Waals surface area contributed by atoms with Gasteiger partial charge in [-0.15, -0.1) is 0 Å². The third kappa shape index (κ3) is 3.51. The zero-order chi connectivity index (χ0) is 18.0. The van der Waals surface area contributed by atoms with Crippen molar-refractivity contribution in [1.82, 2.24) is 0 Å². The van der Waals surface area contributed by atoms with Gasteiger partial charge in [0.25, 0.3) is 6.26 Å². The zero-order valence-electron chi connectivity index (χ0n) is 15.5. The molecule has 130 valence electrons. The Morgan fingerprint density at radius 2 is 2.12 bits per heavy atom. The second-order valence-corrected chi connectivity index (χ2v) is 7.59. The van der Waals surface area contributed by atoms with Crippen LogP contribution in [0.3, 0.4) is 0 Å². The molecule has 0 aliphatic carbocycles. The maximum Gasteiger partial charge on any atom is 0.286 e. The summed E-state index contributed by atoms with van der Waals surface area (Å²) in [5, 5.41) is 8.77.